The van der Waals surface area contributed by atoms with E-state index in [0.29, 0.717) is 12.4 Å². The molecule has 0 saturated carbocycles. The monoisotopic (exact) mass is 266 g/mol. The summed E-state index contributed by atoms with van der Waals surface area (Å²) in [6.45, 7) is 7.37. The van der Waals surface area contributed by atoms with Gasteiger partial charge in [-0.05, 0) is 19.3 Å². The van der Waals surface area contributed by atoms with E-state index in [4.69, 9.17) is 4.74 Å². The fourth-order valence-electron chi connectivity index (χ4n) is 1.95. The van der Waals surface area contributed by atoms with Crippen LogP contribution in [0, 0.1) is 0 Å². The maximum atomic E-state index is 11.9. The number of aromatic amines is 1. The van der Waals surface area contributed by atoms with Gasteiger partial charge >= 0.3 is 0 Å². The van der Waals surface area contributed by atoms with Crippen LogP contribution in [-0.2, 0) is 10.2 Å². The normalized spacial score (nSPS) is 20.3. The van der Waals surface area contributed by atoms with Gasteiger partial charge < -0.3 is 10.1 Å². The van der Waals surface area contributed by atoms with E-state index in [1.807, 2.05) is 20.8 Å². The zero-order chi connectivity index (χ0) is 13.9. The molecule has 0 aliphatic carbocycles. The van der Waals surface area contributed by atoms with Gasteiger partial charge in [-0.15, -0.1) is 5.10 Å². The Bertz CT molecular complexity index is 430. The topological polar surface area (TPSA) is 79.9 Å². The first-order valence-electron chi connectivity index (χ1n) is 6.79. The number of nitrogens with one attached hydrogen (secondary N) is 2. The van der Waals surface area contributed by atoms with Gasteiger partial charge in [-0.3, -0.25) is 9.89 Å². The second-order valence-corrected chi connectivity index (χ2v) is 5.96. The van der Waals surface area contributed by atoms with Gasteiger partial charge in [-0.1, -0.05) is 20.8 Å². The van der Waals surface area contributed by atoms with E-state index >= 15 is 0 Å². The summed E-state index contributed by atoms with van der Waals surface area (Å²) >= 11 is 0. The Kier molecular flexibility index (Phi) is 4.19. The molecule has 1 saturated heterocycles. The Morgan fingerprint density at radius 3 is 2.84 bits per heavy atom. The maximum Gasteiger partial charge on any atom is 0.291 e. The highest BCUT2D eigenvalue weighted by atomic mass is 16.5. The lowest BCUT2D eigenvalue weighted by Gasteiger charge is -2.22. The van der Waals surface area contributed by atoms with Gasteiger partial charge in [0, 0.05) is 18.6 Å². The van der Waals surface area contributed by atoms with Crippen molar-refractivity contribution < 1.29 is 9.53 Å². The zero-order valence-electron chi connectivity index (χ0n) is 11.8. The molecular formula is C13H22N4O2. The third-order valence-electron chi connectivity index (χ3n) is 3.16. The number of ether oxygens (including phenoxy) is 1. The highest BCUT2D eigenvalue weighted by Gasteiger charge is 2.22. The van der Waals surface area contributed by atoms with Crippen molar-refractivity contribution in [1.29, 1.82) is 0 Å². The van der Waals surface area contributed by atoms with Crippen molar-refractivity contribution >= 4 is 5.91 Å². The molecule has 106 valence electrons. The molecule has 0 spiro atoms. The molecule has 0 radical (unpaired) electrons. The van der Waals surface area contributed by atoms with Gasteiger partial charge in [-0.2, -0.15) is 0 Å². The first kappa shape index (κ1) is 14.0. The number of H-pyrrole nitrogens is 1. The van der Waals surface area contributed by atoms with Crippen LogP contribution in [0.1, 0.15) is 56.5 Å². The van der Waals surface area contributed by atoms with E-state index in [2.05, 4.69) is 20.5 Å². The van der Waals surface area contributed by atoms with Crippen molar-refractivity contribution in [2.24, 2.45) is 0 Å². The predicted molar refractivity (Wildman–Crippen MR) is 71.0 cm³/mol. The Hall–Kier alpha value is -1.43. The van der Waals surface area contributed by atoms with E-state index in [1.54, 1.807) is 0 Å². The maximum absolute atomic E-state index is 11.9. The van der Waals surface area contributed by atoms with Crippen LogP contribution in [0.5, 0.6) is 0 Å². The molecule has 0 aromatic carbocycles. The lowest BCUT2D eigenvalue weighted by molar-refractivity contribution is 0.0168. The zero-order valence-corrected chi connectivity index (χ0v) is 11.8. The quantitative estimate of drug-likeness (QED) is 0.866. The van der Waals surface area contributed by atoms with Crippen LogP contribution in [0.2, 0.25) is 0 Å². The van der Waals surface area contributed by atoms with Crippen molar-refractivity contribution in [2.45, 2.75) is 51.6 Å². The molecular weight excluding hydrogens is 244 g/mol. The SMILES string of the molecule is CC(C)(C)c1nc(C(=O)NCC2CCCCO2)n[nH]1. The van der Waals surface area contributed by atoms with Crippen LogP contribution in [0.25, 0.3) is 0 Å². The first-order chi connectivity index (χ1) is 8.97. The highest BCUT2D eigenvalue weighted by molar-refractivity contribution is 5.90. The lowest BCUT2D eigenvalue weighted by Crippen LogP contribution is -2.35. The number of carbonyl (C=O) groups is 1. The molecule has 1 aliphatic rings. The van der Waals surface area contributed by atoms with E-state index in [1.165, 1.54) is 0 Å². The first-order valence-corrected chi connectivity index (χ1v) is 6.79. The van der Waals surface area contributed by atoms with Gasteiger partial charge in [0.05, 0.1) is 6.10 Å². The lowest BCUT2D eigenvalue weighted by atomic mass is 9.96. The summed E-state index contributed by atoms with van der Waals surface area (Å²) in [6, 6.07) is 0. The summed E-state index contributed by atoms with van der Waals surface area (Å²) < 4.78 is 5.56. The summed E-state index contributed by atoms with van der Waals surface area (Å²) in [4.78, 5) is 16.1. The smallest absolute Gasteiger partial charge is 0.291 e. The Morgan fingerprint density at radius 1 is 1.47 bits per heavy atom. The van der Waals surface area contributed by atoms with Gasteiger partial charge in [0.1, 0.15) is 5.82 Å². The minimum Gasteiger partial charge on any atom is -0.376 e. The second kappa shape index (κ2) is 5.69. The molecule has 0 bridgehead atoms. The van der Waals surface area contributed by atoms with Crippen LogP contribution in [-0.4, -0.2) is 40.3 Å². The average molecular weight is 266 g/mol. The molecule has 1 fully saturated rings. The molecule has 1 aromatic rings. The van der Waals surface area contributed by atoms with Crippen LogP contribution in [0.15, 0.2) is 0 Å². The van der Waals surface area contributed by atoms with Crippen molar-refractivity contribution in [3.05, 3.63) is 11.6 Å². The van der Waals surface area contributed by atoms with E-state index in [0.717, 1.165) is 25.9 Å². The molecule has 1 aliphatic heterocycles. The summed E-state index contributed by atoms with van der Waals surface area (Å²) in [5.74, 6) is 0.660. The van der Waals surface area contributed by atoms with Crippen LogP contribution in [0.4, 0.5) is 0 Å². The number of hydrogen-bond acceptors (Lipinski definition) is 4. The third-order valence-corrected chi connectivity index (χ3v) is 3.16. The number of carbonyl (C=O) groups excluding carboxylic acids is 1. The Labute approximate surface area is 113 Å². The van der Waals surface area contributed by atoms with Crippen molar-refractivity contribution in [2.75, 3.05) is 13.2 Å². The summed E-state index contributed by atoms with van der Waals surface area (Å²) in [6.07, 6.45) is 3.40. The minimum absolute atomic E-state index is 0.124. The van der Waals surface area contributed by atoms with E-state index < -0.39 is 0 Å². The molecule has 6 heteroatoms. The van der Waals surface area contributed by atoms with Crippen molar-refractivity contribution in [3.8, 4) is 0 Å². The third kappa shape index (κ3) is 3.76. The Balaban J connectivity index is 1.87. The number of rotatable bonds is 3. The van der Waals surface area contributed by atoms with Crippen LogP contribution < -0.4 is 5.32 Å². The molecule has 2 N–H and O–H groups in total. The second-order valence-electron chi connectivity index (χ2n) is 5.96. The average Bonchev–Trinajstić information content (AvgIpc) is 2.87. The van der Waals surface area contributed by atoms with Gasteiger partial charge in [0.2, 0.25) is 5.82 Å². The number of nitrogens with zero attached hydrogens (tertiary/aromatic N) is 2. The summed E-state index contributed by atoms with van der Waals surface area (Å²) in [5.41, 5.74) is -0.141. The van der Waals surface area contributed by atoms with Gasteiger partial charge in [-0.25, -0.2) is 4.98 Å². The van der Waals surface area contributed by atoms with Crippen molar-refractivity contribution in [1.82, 2.24) is 20.5 Å². The van der Waals surface area contributed by atoms with Gasteiger partial charge in [0.25, 0.3) is 5.91 Å². The molecule has 1 unspecified atom stereocenters. The molecule has 2 heterocycles. The minimum atomic E-state index is -0.249. The van der Waals surface area contributed by atoms with Gasteiger partial charge in [0.15, 0.2) is 0 Å². The molecule has 2 rings (SSSR count). The van der Waals surface area contributed by atoms with Crippen LogP contribution >= 0.6 is 0 Å². The molecule has 1 atom stereocenters. The van der Waals surface area contributed by atoms with Crippen LogP contribution in [0.3, 0.4) is 0 Å². The summed E-state index contributed by atoms with van der Waals surface area (Å²) in [5, 5.41) is 9.59. The molecule has 1 aromatic heterocycles. The molecule has 1 amide bonds. The summed E-state index contributed by atoms with van der Waals surface area (Å²) in [7, 11) is 0. The number of aromatic nitrogens is 3. The standard InChI is InChI=1S/C13H22N4O2/c1-13(2,3)12-15-10(16-17-12)11(18)14-8-9-6-4-5-7-19-9/h9H,4-8H2,1-3H3,(H,14,18)(H,15,16,17). The predicted octanol–water partition coefficient (Wildman–Crippen LogP) is 1.40. The fourth-order valence-corrected chi connectivity index (χ4v) is 1.95. The fraction of sp³-hybridized carbons (Fsp3) is 0.769. The van der Waals surface area contributed by atoms with E-state index in [-0.39, 0.29) is 23.3 Å². The highest BCUT2D eigenvalue weighted by Crippen LogP contribution is 2.17. The largest absolute Gasteiger partial charge is 0.376 e. The number of amides is 1. The van der Waals surface area contributed by atoms with Crippen molar-refractivity contribution in [3.63, 3.8) is 0 Å². The molecule has 19 heavy (non-hydrogen) atoms. The number of hydrogen-bond donors (Lipinski definition) is 2. The Morgan fingerprint density at radius 2 is 2.26 bits per heavy atom. The van der Waals surface area contributed by atoms with E-state index in [9.17, 15) is 4.79 Å². The molecule has 6 nitrogen and oxygen atoms in total.